The Morgan fingerprint density at radius 2 is 1.36 bits per heavy atom. The van der Waals surface area contributed by atoms with E-state index in [1.807, 2.05) is 18.2 Å². The summed E-state index contributed by atoms with van der Waals surface area (Å²) in [5, 5.41) is 0. The van der Waals surface area contributed by atoms with Gasteiger partial charge in [-0.05, 0) is 54.7 Å². The normalized spacial score (nSPS) is 11.0. The number of aryl methyl sites for hydroxylation is 2. The van der Waals surface area contributed by atoms with Gasteiger partial charge in [0.25, 0.3) is 5.91 Å². The number of methoxy groups -OCH3 is 4. The molecule has 8 nitrogen and oxygen atoms in total. The monoisotopic (exact) mass is 499 g/mol. The number of nitrogens with two attached hydrogens (primary N) is 1. The second kappa shape index (κ2) is 11.9. The molecule has 0 aromatic heterocycles. The molecule has 10 heteroatoms. The van der Waals surface area contributed by atoms with E-state index in [9.17, 15) is 9.59 Å². The molecular weight excluding hydrogens is 473 g/mol. The van der Waals surface area contributed by atoms with Crippen LogP contribution in [0.2, 0.25) is 0 Å². The van der Waals surface area contributed by atoms with Gasteiger partial charge in [0, 0.05) is 6.42 Å². The Balaban J connectivity index is 2.13. The van der Waals surface area contributed by atoms with Crippen LogP contribution in [0.1, 0.15) is 24.0 Å². The summed E-state index contributed by atoms with van der Waals surface area (Å²) in [5.41, 5.74) is 7.00. The SMILES string of the molecule is COc1ccc(CCc2cc(OC)c(OC)c(OC)c2)cc1OC(=O)CCC(Cl)(Cl)C(N)=O. The summed E-state index contributed by atoms with van der Waals surface area (Å²) in [4.78, 5) is 23.5. The summed E-state index contributed by atoms with van der Waals surface area (Å²) in [6.07, 6.45) is 0.930. The van der Waals surface area contributed by atoms with Crippen LogP contribution in [-0.4, -0.2) is 44.6 Å². The molecule has 0 aliphatic carbocycles. The molecule has 0 spiro atoms. The van der Waals surface area contributed by atoms with Crippen LogP contribution < -0.4 is 29.4 Å². The lowest BCUT2D eigenvalue weighted by Gasteiger charge is -2.15. The molecule has 0 saturated carbocycles. The topological polar surface area (TPSA) is 106 Å². The van der Waals surface area contributed by atoms with Crippen molar-refractivity contribution in [1.29, 1.82) is 0 Å². The minimum atomic E-state index is -1.84. The zero-order valence-electron chi connectivity index (χ0n) is 18.9. The van der Waals surface area contributed by atoms with Gasteiger partial charge in [-0.1, -0.05) is 29.3 Å². The van der Waals surface area contributed by atoms with Crippen molar-refractivity contribution in [1.82, 2.24) is 0 Å². The molecule has 0 aliphatic heterocycles. The largest absolute Gasteiger partial charge is 0.493 e. The minimum absolute atomic E-state index is 0.173. The molecule has 180 valence electrons. The fourth-order valence-electron chi connectivity index (χ4n) is 3.08. The zero-order chi connectivity index (χ0) is 24.6. The number of ether oxygens (including phenoxy) is 5. The lowest BCUT2D eigenvalue weighted by atomic mass is 10.0. The fourth-order valence-corrected chi connectivity index (χ4v) is 3.27. The first-order chi connectivity index (χ1) is 15.6. The molecule has 0 fully saturated rings. The third kappa shape index (κ3) is 7.07. The van der Waals surface area contributed by atoms with Crippen molar-refractivity contribution in [2.45, 2.75) is 30.0 Å². The number of amides is 1. The Hall–Kier alpha value is -2.84. The van der Waals surface area contributed by atoms with Gasteiger partial charge in [-0.25, -0.2) is 0 Å². The third-order valence-electron chi connectivity index (χ3n) is 4.88. The van der Waals surface area contributed by atoms with Gasteiger partial charge < -0.3 is 29.4 Å². The van der Waals surface area contributed by atoms with Gasteiger partial charge in [0.15, 0.2) is 27.3 Å². The van der Waals surface area contributed by atoms with E-state index in [4.69, 9.17) is 52.6 Å². The Kier molecular flexibility index (Phi) is 9.49. The van der Waals surface area contributed by atoms with Crippen molar-refractivity contribution < 1.29 is 33.3 Å². The van der Waals surface area contributed by atoms with Crippen molar-refractivity contribution >= 4 is 35.1 Å². The number of carbonyl (C=O) groups excluding carboxylic acids is 2. The molecule has 0 bridgehead atoms. The van der Waals surface area contributed by atoms with Crippen LogP contribution in [0.15, 0.2) is 30.3 Å². The second-order valence-electron chi connectivity index (χ2n) is 7.06. The van der Waals surface area contributed by atoms with E-state index >= 15 is 0 Å². The molecule has 0 unspecified atom stereocenters. The molecule has 2 rings (SSSR count). The third-order valence-corrected chi connectivity index (χ3v) is 5.63. The second-order valence-corrected chi connectivity index (χ2v) is 8.55. The molecule has 0 radical (unpaired) electrons. The number of halogens is 2. The highest BCUT2D eigenvalue weighted by Crippen LogP contribution is 2.38. The standard InChI is InChI=1S/C23H27Cl2NO7/c1-29-16-8-7-14(11-17(16)33-20(27)9-10-23(24,25)22(26)28)5-6-15-12-18(30-2)21(32-4)19(13-15)31-3/h7-8,11-13H,5-6,9-10H2,1-4H3,(H2,26,28). The highest BCUT2D eigenvalue weighted by Gasteiger charge is 2.32. The smallest absolute Gasteiger partial charge is 0.311 e. The van der Waals surface area contributed by atoms with Crippen LogP contribution in [0.4, 0.5) is 0 Å². The van der Waals surface area contributed by atoms with Crippen molar-refractivity contribution in [3.8, 4) is 28.7 Å². The number of rotatable bonds is 12. The van der Waals surface area contributed by atoms with Gasteiger partial charge in [-0.15, -0.1) is 0 Å². The van der Waals surface area contributed by atoms with E-state index < -0.39 is 16.2 Å². The molecule has 2 aromatic carbocycles. The predicted octanol–water partition coefficient (Wildman–Crippen LogP) is 3.85. The van der Waals surface area contributed by atoms with Gasteiger partial charge in [-0.2, -0.15) is 0 Å². The fraction of sp³-hybridized carbons (Fsp3) is 0.391. The Morgan fingerprint density at radius 1 is 0.818 bits per heavy atom. The molecule has 33 heavy (non-hydrogen) atoms. The van der Waals surface area contributed by atoms with Crippen molar-refractivity contribution in [2.75, 3.05) is 28.4 Å². The van der Waals surface area contributed by atoms with Gasteiger partial charge in [-0.3, -0.25) is 9.59 Å². The first-order valence-electron chi connectivity index (χ1n) is 9.99. The van der Waals surface area contributed by atoms with Gasteiger partial charge in [0.2, 0.25) is 5.75 Å². The van der Waals surface area contributed by atoms with Crippen LogP contribution >= 0.6 is 23.2 Å². The van der Waals surface area contributed by atoms with E-state index in [1.54, 1.807) is 33.5 Å². The maximum Gasteiger partial charge on any atom is 0.311 e. The van der Waals surface area contributed by atoms with Crippen molar-refractivity contribution in [3.63, 3.8) is 0 Å². The number of hydrogen-bond donors (Lipinski definition) is 1. The Labute approximate surface area is 202 Å². The maximum atomic E-state index is 12.3. The predicted molar refractivity (Wildman–Crippen MR) is 125 cm³/mol. The van der Waals surface area contributed by atoms with Gasteiger partial charge in [0.05, 0.1) is 28.4 Å². The van der Waals surface area contributed by atoms with Crippen LogP contribution in [0.25, 0.3) is 0 Å². The number of alkyl halides is 2. The Bertz CT molecular complexity index is 970. The van der Waals surface area contributed by atoms with E-state index in [0.717, 1.165) is 11.1 Å². The summed E-state index contributed by atoms with van der Waals surface area (Å²) in [5.74, 6) is 0.754. The van der Waals surface area contributed by atoms with E-state index in [0.29, 0.717) is 35.8 Å². The Morgan fingerprint density at radius 3 is 1.88 bits per heavy atom. The molecule has 1 amide bonds. The van der Waals surface area contributed by atoms with Crippen LogP contribution in [0, 0.1) is 0 Å². The van der Waals surface area contributed by atoms with Crippen molar-refractivity contribution in [2.24, 2.45) is 5.73 Å². The van der Waals surface area contributed by atoms with E-state index in [2.05, 4.69) is 0 Å². The quantitative estimate of drug-likeness (QED) is 0.268. The summed E-state index contributed by atoms with van der Waals surface area (Å²) in [7, 11) is 6.15. The lowest BCUT2D eigenvalue weighted by Crippen LogP contribution is -2.34. The van der Waals surface area contributed by atoms with E-state index in [-0.39, 0.29) is 18.6 Å². The number of primary amides is 1. The molecular formula is C23H27Cl2NO7. The van der Waals surface area contributed by atoms with E-state index in [1.165, 1.54) is 7.11 Å². The summed E-state index contributed by atoms with van der Waals surface area (Å²) >= 11 is 11.6. The maximum absolute atomic E-state index is 12.3. The number of carbonyl (C=O) groups is 2. The zero-order valence-corrected chi connectivity index (χ0v) is 20.4. The molecule has 0 atom stereocenters. The summed E-state index contributed by atoms with van der Waals surface area (Å²) in [6, 6.07) is 9.08. The highest BCUT2D eigenvalue weighted by molar-refractivity contribution is 6.57. The number of benzene rings is 2. The molecule has 0 heterocycles. The molecule has 2 aromatic rings. The van der Waals surface area contributed by atoms with Gasteiger partial charge in [0.1, 0.15) is 0 Å². The van der Waals surface area contributed by atoms with Crippen LogP contribution in [-0.2, 0) is 22.4 Å². The van der Waals surface area contributed by atoms with Crippen LogP contribution in [0.3, 0.4) is 0 Å². The average Bonchev–Trinajstić information content (AvgIpc) is 2.80. The van der Waals surface area contributed by atoms with Gasteiger partial charge >= 0.3 is 5.97 Å². The first-order valence-corrected chi connectivity index (χ1v) is 10.7. The summed E-state index contributed by atoms with van der Waals surface area (Å²) < 4.78 is 25.0. The minimum Gasteiger partial charge on any atom is -0.493 e. The average molecular weight is 500 g/mol. The molecule has 0 aliphatic rings. The van der Waals surface area contributed by atoms with Crippen LogP contribution in [0.5, 0.6) is 28.7 Å². The molecule has 2 N–H and O–H groups in total. The number of esters is 1. The lowest BCUT2D eigenvalue weighted by molar-refractivity contribution is -0.134. The highest BCUT2D eigenvalue weighted by atomic mass is 35.5. The first kappa shape index (κ1) is 26.4. The van der Waals surface area contributed by atoms with Crippen molar-refractivity contribution in [3.05, 3.63) is 41.5 Å². The molecule has 0 saturated heterocycles. The number of hydrogen-bond acceptors (Lipinski definition) is 7. The summed E-state index contributed by atoms with van der Waals surface area (Å²) in [6.45, 7) is 0.